The van der Waals surface area contributed by atoms with E-state index in [-0.39, 0.29) is 12.5 Å². The monoisotopic (exact) mass is 265 g/mol. The molecule has 5 heteroatoms. The molecular formula is C14H23N3O2. The number of nitrogens with two attached hydrogens (primary N) is 1. The number of anilines is 2. The summed E-state index contributed by atoms with van der Waals surface area (Å²) in [6, 6.07) is 5.41. The quantitative estimate of drug-likeness (QED) is 0.628. The molecule has 0 unspecified atom stereocenters. The lowest BCUT2D eigenvalue weighted by molar-refractivity contribution is -0.119. The highest BCUT2D eigenvalue weighted by Gasteiger charge is 2.03. The van der Waals surface area contributed by atoms with Gasteiger partial charge in [0.2, 0.25) is 5.91 Å². The van der Waals surface area contributed by atoms with E-state index in [1.807, 2.05) is 19.9 Å². The minimum Gasteiger partial charge on any atom is -0.493 e. The Morgan fingerprint density at radius 2 is 2.05 bits per heavy atom. The number of nitrogen functional groups attached to an aromatic ring is 1. The van der Waals surface area contributed by atoms with Crippen LogP contribution in [0.5, 0.6) is 5.75 Å². The summed E-state index contributed by atoms with van der Waals surface area (Å²) < 4.78 is 5.53. The molecule has 106 valence electrons. The average molecular weight is 265 g/mol. The molecule has 0 atom stereocenters. The summed E-state index contributed by atoms with van der Waals surface area (Å²) in [5.41, 5.74) is 7.20. The van der Waals surface area contributed by atoms with Crippen molar-refractivity contribution in [2.45, 2.75) is 26.7 Å². The van der Waals surface area contributed by atoms with Gasteiger partial charge >= 0.3 is 0 Å². The number of ether oxygens (including phenoxy) is 1. The number of rotatable bonds is 8. The largest absolute Gasteiger partial charge is 0.493 e. The van der Waals surface area contributed by atoms with Crippen molar-refractivity contribution in [1.29, 1.82) is 0 Å². The summed E-state index contributed by atoms with van der Waals surface area (Å²) in [4.78, 5) is 11.5. The van der Waals surface area contributed by atoms with Crippen LogP contribution >= 0.6 is 0 Å². The molecule has 0 saturated heterocycles. The Labute approximate surface area is 114 Å². The Morgan fingerprint density at radius 3 is 2.74 bits per heavy atom. The summed E-state index contributed by atoms with van der Waals surface area (Å²) in [6.07, 6.45) is 1.87. The van der Waals surface area contributed by atoms with Crippen LogP contribution in [0.3, 0.4) is 0 Å². The van der Waals surface area contributed by atoms with E-state index in [2.05, 4.69) is 10.6 Å². The number of hydrogen-bond donors (Lipinski definition) is 3. The van der Waals surface area contributed by atoms with Crippen molar-refractivity contribution in [3.8, 4) is 5.75 Å². The molecule has 0 heterocycles. The summed E-state index contributed by atoms with van der Waals surface area (Å²) >= 11 is 0. The van der Waals surface area contributed by atoms with Crippen molar-refractivity contribution in [2.24, 2.45) is 0 Å². The zero-order valence-electron chi connectivity index (χ0n) is 11.7. The number of benzene rings is 1. The van der Waals surface area contributed by atoms with Gasteiger partial charge in [0, 0.05) is 30.1 Å². The van der Waals surface area contributed by atoms with Crippen LogP contribution < -0.4 is 21.1 Å². The fourth-order valence-electron chi connectivity index (χ4n) is 1.54. The molecule has 0 fully saturated rings. The highest BCUT2D eigenvalue weighted by atomic mass is 16.5. The number of nitrogens with one attached hydrogen (secondary N) is 2. The molecule has 0 aliphatic rings. The molecule has 0 radical (unpaired) electrons. The molecule has 0 aliphatic carbocycles. The lowest BCUT2D eigenvalue weighted by Gasteiger charge is -2.11. The third-order valence-electron chi connectivity index (χ3n) is 2.43. The first-order valence-corrected chi connectivity index (χ1v) is 6.69. The number of carbonyl (C=O) groups is 1. The summed E-state index contributed by atoms with van der Waals surface area (Å²) in [7, 11) is 0. The van der Waals surface area contributed by atoms with Crippen LogP contribution in [0.4, 0.5) is 11.4 Å². The van der Waals surface area contributed by atoms with Gasteiger partial charge in [-0.3, -0.25) is 4.79 Å². The lowest BCUT2D eigenvalue weighted by atomic mass is 10.2. The van der Waals surface area contributed by atoms with Crippen molar-refractivity contribution < 1.29 is 9.53 Å². The fraction of sp³-hybridized carbons (Fsp3) is 0.500. The van der Waals surface area contributed by atoms with Crippen LogP contribution in [0.2, 0.25) is 0 Å². The van der Waals surface area contributed by atoms with Gasteiger partial charge in [-0.25, -0.2) is 0 Å². The molecule has 0 aliphatic heterocycles. The summed E-state index contributed by atoms with van der Waals surface area (Å²) in [5.74, 6) is 0.693. The highest BCUT2D eigenvalue weighted by molar-refractivity contribution is 5.81. The number of hydrogen-bond acceptors (Lipinski definition) is 4. The van der Waals surface area contributed by atoms with Crippen LogP contribution in [-0.4, -0.2) is 25.6 Å². The van der Waals surface area contributed by atoms with Gasteiger partial charge < -0.3 is 21.1 Å². The molecule has 0 spiro atoms. The Kier molecular flexibility index (Phi) is 6.57. The second-order valence-electron chi connectivity index (χ2n) is 4.34. The van der Waals surface area contributed by atoms with Gasteiger partial charge in [0.25, 0.3) is 0 Å². The van der Waals surface area contributed by atoms with Crippen LogP contribution in [0.25, 0.3) is 0 Å². The van der Waals surface area contributed by atoms with Crippen LogP contribution in [0.15, 0.2) is 18.2 Å². The molecule has 1 amide bonds. The van der Waals surface area contributed by atoms with Crippen molar-refractivity contribution in [2.75, 3.05) is 30.7 Å². The SMILES string of the molecule is CCCNC(=O)CNc1cc(N)cc(OCCC)c1. The van der Waals surface area contributed by atoms with E-state index in [4.69, 9.17) is 10.5 Å². The summed E-state index contributed by atoms with van der Waals surface area (Å²) in [5, 5.41) is 5.84. The fourth-order valence-corrected chi connectivity index (χ4v) is 1.54. The van der Waals surface area contributed by atoms with Crippen molar-refractivity contribution in [1.82, 2.24) is 5.32 Å². The standard InChI is InChI=1S/C14H23N3O2/c1-3-5-16-14(18)10-17-12-7-11(15)8-13(9-12)19-6-4-2/h7-9,17H,3-6,10,15H2,1-2H3,(H,16,18). The first-order chi connectivity index (χ1) is 9.15. The maximum atomic E-state index is 11.5. The van der Waals surface area contributed by atoms with Crippen molar-refractivity contribution in [3.63, 3.8) is 0 Å². The predicted octanol–water partition coefficient (Wildman–Crippen LogP) is 2.00. The van der Waals surface area contributed by atoms with Gasteiger partial charge in [-0.2, -0.15) is 0 Å². The Morgan fingerprint density at radius 1 is 1.26 bits per heavy atom. The maximum absolute atomic E-state index is 11.5. The van der Waals surface area contributed by atoms with E-state index in [9.17, 15) is 4.79 Å². The van der Waals surface area contributed by atoms with Gasteiger partial charge in [0.15, 0.2) is 0 Å². The Bertz CT molecular complexity index is 408. The van der Waals surface area contributed by atoms with E-state index in [0.717, 1.165) is 24.3 Å². The second-order valence-corrected chi connectivity index (χ2v) is 4.34. The Hall–Kier alpha value is -1.91. The third-order valence-corrected chi connectivity index (χ3v) is 2.43. The van der Waals surface area contributed by atoms with Crippen LogP contribution in [0.1, 0.15) is 26.7 Å². The molecule has 4 N–H and O–H groups in total. The van der Waals surface area contributed by atoms with Crippen molar-refractivity contribution in [3.05, 3.63) is 18.2 Å². The van der Waals surface area contributed by atoms with Gasteiger partial charge in [-0.1, -0.05) is 13.8 Å². The zero-order valence-corrected chi connectivity index (χ0v) is 11.7. The lowest BCUT2D eigenvalue weighted by Crippen LogP contribution is -2.30. The second kappa shape index (κ2) is 8.24. The smallest absolute Gasteiger partial charge is 0.239 e. The topological polar surface area (TPSA) is 76.4 Å². The maximum Gasteiger partial charge on any atom is 0.239 e. The Balaban J connectivity index is 2.52. The van der Waals surface area contributed by atoms with Gasteiger partial charge in [0.1, 0.15) is 5.75 Å². The molecule has 1 aromatic carbocycles. The minimum absolute atomic E-state index is 0.0275. The molecule has 0 aromatic heterocycles. The highest BCUT2D eigenvalue weighted by Crippen LogP contribution is 2.22. The van der Waals surface area contributed by atoms with Gasteiger partial charge in [-0.05, 0) is 18.9 Å². The van der Waals surface area contributed by atoms with Crippen LogP contribution in [-0.2, 0) is 4.79 Å². The van der Waals surface area contributed by atoms with E-state index < -0.39 is 0 Å². The van der Waals surface area contributed by atoms with Crippen molar-refractivity contribution >= 4 is 17.3 Å². The molecule has 1 aromatic rings. The third kappa shape index (κ3) is 5.99. The molecule has 0 bridgehead atoms. The van der Waals surface area contributed by atoms with E-state index in [1.54, 1.807) is 12.1 Å². The molecular weight excluding hydrogens is 242 g/mol. The first-order valence-electron chi connectivity index (χ1n) is 6.69. The predicted molar refractivity (Wildman–Crippen MR) is 78.4 cm³/mol. The average Bonchev–Trinajstić information content (AvgIpc) is 2.40. The molecule has 1 rings (SSSR count). The van der Waals surface area contributed by atoms with Crippen LogP contribution in [0, 0.1) is 0 Å². The minimum atomic E-state index is -0.0275. The zero-order chi connectivity index (χ0) is 14.1. The normalized spacial score (nSPS) is 10.0. The molecule has 0 saturated carbocycles. The van der Waals surface area contributed by atoms with E-state index in [1.165, 1.54) is 0 Å². The molecule has 5 nitrogen and oxygen atoms in total. The summed E-state index contributed by atoms with van der Waals surface area (Å²) in [6.45, 7) is 5.64. The first kappa shape index (κ1) is 15.1. The number of carbonyl (C=O) groups excluding carboxylic acids is 1. The van der Waals surface area contributed by atoms with Gasteiger partial charge in [0.05, 0.1) is 13.2 Å². The van der Waals surface area contributed by atoms with E-state index in [0.29, 0.717) is 18.8 Å². The van der Waals surface area contributed by atoms with E-state index >= 15 is 0 Å². The van der Waals surface area contributed by atoms with Gasteiger partial charge in [-0.15, -0.1) is 0 Å². The molecule has 19 heavy (non-hydrogen) atoms. The number of amides is 1.